The second kappa shape index (κ2) is 5.98. The minimum Gasteiger partial charge on any atom is -0.306 e. The van der Waals surface area contributed by atoms with Gasteiger partial charge >= 0.3 is 5.69 Å². The molecule has 0 saturated carbocycles. The number of hydrogen-bond acceptors (Lipinski definition) is 3. The van der Waals surface area contributed by atoms with Gasteiger partial charge < -0.3 is 9.88 Å². The summed E-state index contributed by atoms with van der Waals surface area (Å²) in [6.07, 6.45) is 3.32. The Hall–Kier alpha value is -1.85. The quantitative estimate of drug-likeness (QED) is 0.783. The molecule has 5 heteroatoms. The van der Waals surface area contributed by atoms with Crippen LogP contribution in [0.25, 0.3) is 11.0 Å². The van der Waals surface area contributed by atoms with Gasteiger partial charge in [-0.2, -0.15) is 0 Å². The lowest BCUT2D eigenvalue weighted by molar-refractivity contribution is 0.211. The van der Waals surface area contributed by atoms with E-state index >= 15 is 0 Å². The minimum atomic E-state index is 0.0177. The summed E-state index contributed by atoms with van der Waals surface area (Å²) in [4.78, 5) is 19.0. The van der Waals surface area contributed by atoms with Gasteiger partial charge in [0.2, 0.25) is 0 Å². The third kappa shape index (κ3) is 2.75. The zero-order valence-corrected chi connectivity index (χ0v) is 14.1. The standard InChI is InChI=1S/C18H21N3OS/c1-20(9-3-6-15-7-4-10-23-15)14-11-13-5-2-8-16-17(13)21(12-14)18(22)19-16/h2,4-5,7-8,10,14H,3,6,9,11-12H2,1H3,(H,19,22)/t14-/m1/s1. The van der Waals surface area contributed by atoms with Crippen molar-refractivity contribution in [3.63, 3.8) is 0 Å². The molecule has 3 heterocycles. The molecule has 1 aromatic carbocycles. The van der Waals surface area contributed by atoms with Crippen LogP contribution in [0.5, 0.6) is 0 Å². The fraction of sp³-hybridized carbons (Fsp3) is 0.389. The van der Waals surface area contributed by atoms with Crippen LogP contribution in [-0.2, 0) is 19.4 Å². The van der Waals surface area contributed by atoms with Gasteiger partial charge in [-0.3, -0.25) is 4.57 Å². The summed E-state index contributed by atoms with van der Waals surface area (Å²) in [5, 5.41) is 2.14. The molecular formula is C18H21N3OS. The van der Waals surface area contributed by atoms with Gasteiger partial charge in [0.05, 0.1) is 11.0 Å². The highest BCUT2D eigenvalue weighted by molar-refractivity contribution is 7.09. The van der Waals surface area contributed by atoms with E-state index in [2.05, 4.69) is 40.5 Å². The molecule has 0 amide bonds. The molecule has 3 aromatic rings. The number of benzene rings is 1. The second-order valence-electron chi connectivity index (χ2n) is 6.38. The van der Waals surface area contributed by atoms with E-state index in [1.165, 1.54) is 10.4 Å². The van der Waals surface area contributed by atoms with E-state index in [-0.39, 0.29) is 5.69 Å². The molecule has 23 heavy (non-hydrogen) atoms. The number of imidazole rings is 1. The van der Waals surface area contributed by atoms with Crippen LogP contribution in [-0.4, -0.2) is 34.1 Å². The van der Waals surface area contributed by atoms with E-state index in [0.29, 0.717) is 6.04 Å². The molecular weight excluding hydrogens is 306 g/mol. The molecule has 1 aliphatic heterocycles. The number of H-pyrrole nitrogens is 1. The highest BCUT2D eigenvalue weighted by atomic mass is 32.1. The second-order valence-corrected chi connectivity index (χ2v) is 7.41. The summed E-state index contributed by atoms with van der Waals surface area (Å²) in [5.74, 6) is 0. The van der Waals surface area contributed by atoms with Crippen molar-refractivity contribution in [3.8, 4) is 0 Å². The average molecular weight is 327 g/mol. The third-order valence-electron chi connectivity index (χ3n) is 4.86. The third-order valence-corrected chi connectivity index (χ3v) is 5.80. The van der Waals surface area contributed by atoms with Crippen molar-refractivity contribution in [1.29, 1.82) is 0 Å². The molecule has 0 aliphatic carbocycles. The molecule has 0 bridgehead atoms. The van der Waals surface area contributed by atoms with Crippen molar-refractivity contribution in [3.05, 3.63) is 56.6 Å². The Labute approximate surface area is 139 Å². The van der Waals surface area contributed by atoms with E-state index in [1.807, 2.05) is 28.0 Å². The first kappa shape index (κ1) is 14.7. The summed E-state index contributed by atoms with van der Waals surface area (Å²) in [5.41, 5.74) is 3.36. The number of rotatable bonds is 5. The van der Waals surface area contributed by atoms with E-state index < -0.39 is 0 Å². The van der Waals surface area contributed by atoms with E-state index in [4.69, 9.17) is 0 Å². The number of aromatic nitrogens is 2. The maximum absolute atomic E-state index is 12.2. The molecule has 1 atom stereocenters. The van der Waals surface area contributed by atoms with Gasteiger partial charge in [-0.05, 0) is 55.9 Å². The number of nitrogens with zero attached hydrogens (tertiary/aromatic N) is 2. The highest BCUT2D eigenvalue weighted by Gasteiger charge is 2.25. The normalized spacial score (nSPS) is 17.2. The molecule has 1 aliphatic rings. The molecule has 0 spiro atoms. The summed E-state index contributed by atoms with van der Waals surface area (Å²) >= 11 is 1.83. The smallest absolute Gasteiger partial charge is 0.306 e. The van der Waals surface area contributed by atoms with Crippen molar-refractivity contribution < 1.29 is 0 Å². The van der Waals surface area contributed by atoms with Crippen LogP contribution < -0.4 is 5.69 Å². The number of aromatic amines is 1. The van der Waals surface area contributed by atoms with Gasteiger partial charge in [0.25, 0.3) is 0 Å². The molecule has 2 aromatic heterocycles. The van der Waals surface area contributed by atoms with Crippen LogP contribution in [0, 0.1) is 0 Å². The number of thiophene rings is 1. The Morgan fingerprint density at radius 2 is 2.26 bits per heavy atom. The molecule has 4 nitrogen and oxygen atoms in total. The maximum Gasteiger partial charge on any atom is 0.326 e. The van der Waals surface area contributed by atoms with Gasteiger partial charge in [0, 0.05) is 17.5 Å². The molecule has 4 rings (SSSR count). The molecule has 0 saturated heterocycles. The van der Waals surface area contributed by atoms with E-state index in [0.717, 1.165) is 43.4 Å². The summed E-state index contributed by atoms with van der Waals surface area (Å²) in [6, 6.07) is 10.9. The lowest BCUT2D eigenvalue weighted by atomic mass is 9.99. The first-order valence-electron chi connectivity index (χ1n) is 8.15. The highest BCUT2D eigenvalue weighted by Crippen LogP contribution is 2.24. The van der Waals surface area contributed by atoms with Crippen LogP contribution in [0.4, 0.5) is 0 Å². The van der Waals surface area contributed by atoms with Crippen molar-refractivity contribution in [1.82, 2.24) is 14.5 Å². The van der Waals surface area contributed by atoms with Crippen LogP contribution >= 0.6 is 11.3 Å². The first-order chi connectivity index (χ1) is 11.2. The lowest BCUT2D eigenvalue weighted by Crippen LogP contribution is -2.42. The van der Waals surface area contributed by atoms with Crippen molar-refractivity contribution in [2.24, 2.45) is 0 Å². The molecule has 120 valence electrons. The van der Waals surface area contributed by atoms with Crippen LogP contribution in [0.2, 0.25) is 0 Å². The lowest BCUT2D eigenvalue weighted by Gasteiger charge is -2.31. The molecule has 0 unspecified atom stereocenters. The van der Waals surface area contributed by atoms with Crippen LogP contribution in [0.1, 0.15) is 16.9 Å². The van der Waals surface area contributed by atoms with Crippen molar-refractivity contribution in [2.75, 3.05) is 13.6 Å². The number of likely N-dealkylation sites (N-methyl/N-ethyl adjacent to an activating group) is 1. The SMILES string of the molecule is CN(CCCc1cccs1)[C@@H]1Cc2cccc3[nH]c(=O)n(c23)C1. The summed E-state index contributed by atoms with van der Waals surface area (Å²) < 4.78 is 1.91. The Morgan fingerprint density at radius 3 is 3.09 bits per heavy atom. The van der Waals surface area contributed by atoms with Crippen LogP contribution in [0.15, 0.2) is 40.5 Å². The predicted octanol–water partition coefficient (Wildman–Crippen LogP) is 2.88. The largest absolute Gasteiger partial charge is 0.326 e. The Bertz CT molecular complexity index is 862. The van der Waals surface area contributed by atoms with Crippen molar-refractivity contribution in [2.45, 2.75) is 31.8 Å². The molecule has 0 fully saturated rings. The predicted molar refractivity (Wildman–Crippen MR) is 95.3 cm³/mol. The fourth-order valence-corrected chi connectivity index (χ4v) is 4.35. The van der Waals surface area contributed by atoms with Gasteiger partial charge in [-0.25, -0.2) is 4.79 Å². The van der Waals surface area contributed by atoms with Gasteiger partial charge in [0.1, 0.15) is 0 Å². The first-order valence-corrected chi connectivity index (χ1v) is 9.03. The van der Waals surface area contributed by atoms with E-state index in [1.54, 1.807) is 0 Å². The summed E-state index contributed by atoms with van der Waals surface area (Å²) in [7, 11) is 2.18. The topological polar surface area (TPSA) is 41.0 Å². The van der Waals surface area contributed by atoms with Gasteiger partial charge in [-0.1, -0.05) is 18.2 Å². The molecule has 0 radical (unpaired) electrons. The maximum atomic E-state index is 12.2. The monoisotopic (exact) mass is 327 g/mol. The number of hydrogen-bond donors (Lipinski definition) is 1. The number of nitrogens with one attached hydrogen (secondary N) is 1. The zero-order valence-electron chi connectivity index (χ0n) is 13.3. The van der Waals surface area contributed by atoms with Crippen LogP contribution in [0.3, 0.4) is 0 Å². The van der Waals surface area contributed by atoms with Gasteiger partial charge in [0.15, 0.2) is 0 Å². The zero-order chi connectivity index (χ0) is 15.8. The Kier molecular flexibility index (Phi) is 3.83. The average Bonchev–Trinajstić information content (AvgIpc) is 3.17. The number of para-hydroxylation sites is 1. The summed E-state index contributed by atoms with van der Waals surface area (Å²) in [6.45, 7) is 1.85. The van der Waals surface area contributed by atoms with Crippen molar-refractivity contribution >= 4 is 22.4 Å². The van der Waals surface area contributed by atoms with E-state index in [9.17, 15) is 4.79 Å². The Balaban J connectivity index is 1.46. The molecule has 1 N–H and O–H groups in total. The number of aryl methyl sites for hydroxylation is 1. The minimum absolute atomic E-state index is 0.0177. The fourth-order valence-electron chi connectivity index (χ4n) is 3.60. The van der Waals surface area contributed by atoms with Gasteiger partial charge in [-0.15, -0.1) is 11.3 Å². The Morgan fingerprint density at radius 1 is 1.35 bits per heavy atom.